The SMILES string of the molecule is CCc1ccc2c(=O)[nH]c(C3CCN(C)CC3)cc2c1. The van der Waals surface area contributed by atoms with E-state index in [9.17, 15) is 4.79 Å². The Bertz CT molecular complexity index is 666. The van der Waals surface area contributed by atoms with Crippen LogP contribution in [-0.2, 0) is 6.42 Å². The van der Waals surface area contributed by atoms with Gasteiger partial charge < -0.3 is 9.88 Å². The maximum Gasteiger partial charge on any atom is 0.256 e. The summed E-state index contributed by atoms with van der Waals surface area (Å²) in [6.45, 7) is 4.37. The number of likely N-dealkylation sites (tertiary alicyclic amines) is 1. The number of piperidine rings is 1. The highest BCUT2D eigenvalue weighted by Crippen LogP contribution is 2.27. The minimum Gasteiger partial charge on any atom is -0.325 e. The minimum absolute atomic E-state index is 0.0547. The predicted octanol–water partition coefficient (Wildman–Crippen LogP) is 2.90. The van der Waals surface area contributed by atoms with Crippen LogP contribution >= 0.6 is 0 Å². The summed E-state index contributed by atoms with van der Waals surface area (Å²) >= 11 is 0. The molecule has 0 atom stereocenters. The van der Waals surface area contributed by atoms with Gasteiger partial charge in [-0.3, -0.25) is 4.79 Å². The van der Waals surface area contributed by atoms with Gasteiger partial charge in [-0.2, -0.15) is 0 Å². The number of nitrogens with one attached hydrogen (secondary N) is 1. The Hall–Kier alpha value is -1.61. The smallest absolute Gasteiger partial charge is 0.256 e. The van der Waals surface area contributed by atoms with Crippen molar-refractivity contribution < 1.29 is 0 Å². The number of hydrogen-bond acceptors (Lipinski definition) is 2. The summed E-state index contributed by atoms with van der Waals surface area (Å²) in [4.78, 5) is 17.7. The van der Waals surface area contributed by atoms with E-state index in [-0.39, 0.29) is 5.56 Å². The van der Waals surface area contributed by atoms with Crippen molar-refractivity contribution in [3.8, 4) is 0 Å². The standard InChI is InChI=1S/C17H22N2O/c1-3-12-4-5-15-14(10-12)11-16(18-17(15)20)13-6-8-19(2)9-7-13/h4-5,10-11,13H,3,6-9H2,1-2H3,(H,18,20). The molecule has 0 aliphatic carbocycles. The van der Waals surface area contributed by atoms with Crippen LogP contribution in [0.5, 0.6) is 0 Å². The summed E-state index contributed by atoms with van der Waals surface area (Å²) in [5, 5.41) is 1.89. The summed E-state index contributed by atoms with van der Waals surface area (Å²) in [6, 6.07) is 8.34. The molecule has 3 nitrogen and oxygen atoms in total. The van der Waals surface area contributed by atoms with Gasteiger partial charge in [0, 0.05) is 17.0 Å². The van der Waals surface area contributed by atoms with Gasteiger partial charge in [0.25, 0.3) is 5.56 Å². The van der Waals surface area contributed by atoms with E-state index in [1.165, 1.54) is 5.56 Å². The van der Waals surface area contributed by atoms with E-state index in [4.69, 9.17) is 0 Å². The molecule has 1 aliphatic rings. The van der Waals surface area contributed by atoms with Gasteiger partial charge in [0.2, 0.25) is 0 Å². The van der Waals surface area contributed by atoms with Gasteiger partial charge in [0.05, 0.1) is 0 Å². The van der Waals surface area contributed by atoms with Crippen LogP contribution < -0.4 is 5.56 Å². The highest BCUT2D eigenvalue weighted by Gasteiger charge is 2.19. The van der Waals surface area contributed by atoms with E-state index in [1.54, 1.807) is 0 Å². The van der Waals surface area contributed by atoms with Crippen molar-refractivity contribution in [1.29, 1.82) is 0 Å². The van der Waals surface area contributed by atoms with Crippen LogP contribution in [0, 0.1) is 0 Å². The average molecular weight is 270 g/mol. The first-order chi connectivity index (χ1) is 9.67. The number of rotatable bonds is 2. The lowest BCUT2D eigenvalue weighted by Crippen LogP contribution is -2.30. The molecule has 0 bridgehead atoms. The molecule has 1 fully saturated rings. The fraction of sp³-hybridized carbons (Fsp3) is 0.471. The Balaban J connectivity index is 2.02. The number of nitrogens with zero attached hydrogens (tertiary/aromatic N) is 1. The zero-order valence-electron chi connectivity index (χ0n) is 12.3. The molecule has 1 saturated heterocycles. The van der Waals surface area contributed by atoms with Crippen LogP contribution in [0.15, 0.2) is 29.1 Å². The molecule has 0 radical (unpaired) electrons. The normalized spacial score (nSPS) is 17.7. The molecule has 0 saturated carbocycles. The quantitative estimate of drug-likeness (QED) is 0.911. The summed E-state index contributed by atoms with van der Waals surface area (Å²) in [5.74, 6) is 0.494. The average Bonchev–Trinajstić information content (AvgIpc) is 2.47. The topological polar surface area (TPSA) is 36.1 Å². The number of aryl methyl sites for hydroxylation is 1. The van der Waals surface area contributed by atoms with Gasteiger partial charge in [-0.05, 0) is 62.5 Å². The van der Waals surface area contributed by atoms with Crippen LogP contribution in [0.4, 0.5) is 0 Å². The molecule has 0 spiro atoms. The third-order valence-corrected chi connectivity index (χ3v) is 4.50. The molecule has 0 amide bonds. The van der Waals surface area contributed by atoms with Crippen molar-refractivity contribution >= 4 is 10.8 Å². The van der Waals surface area contributed by atoms with E-state index in [2.05, 4.69) is 36.0 Å². The molecule has 2 aromatic rings. The molecule has 1 aliphatic heterocycles. The highest BCUT2D eigenvalue weighted by atomic mass is 16.1. The molecule has 3 rings (SSSR count). The van der Waals surface area contributed by atoms with Crippen LogP contribution in [-0.4, -0.2) is 30.0 Å². The molecule has 106 valence electrons. The first-order valence-corrected chi connectivity index (χ1v) is 7.52. The third kappa shape index (κ3) is 2.50. The Kier molecular flexibility index (Phi) is 3.62. The predicted molar refractivity (Wildman–Crippen MR) is 83.4 cm³/mol. The Morgan fingerprint density at radius 2 is 2.00 bits per heavy atom. The summed E-state index contributed by atoms with van der Waals surface area (Å²) in [6.07, 6.45) is 3.27. The maximum absolute atomic E-state index is 12.2. The number of hydrogen-bond donors (Lipinski definition) is 1. The van der Waals surface area contributed by atoms with Crippen molar-refractivity contribution in [2.24, 2.45) is 0 Å². The molecule has 3 heteroatoms. The van der Waals surface area contributed by atoms with E-state index < -0.39 is 0 Å². The van der Waals surface area contributed by atoms with Crippen LogP contribution in [0.2, 0.25) is 0 Å². The van der Waals surface area contributed by atoms with Crippen molar-refractivity contribution in [2.45, 2.75) is 32.1 Å². The summed E-state index contributed by atoms with van der Waals surface area (Å²) in [5.41, 5.74) is 2.46. The zero-order valence-corrected chi connectivity index (χ0v) is 12.3. The summed E-state index contributed by atoms with van der Waals surface area (Å²) in [7, 11) is 2.16. The summed E-state index contributed by atoms with van der Waals surface area (Å²) < 4.78 is 0. The minimum atomic E-state index is 0.0547. The third-order valence-electron chi connectivity index (χ3n) is 4.50. The van der Waals surface area contributed by atoms with Crippen LogP contribution in [0.1, 0.15) is 36.9 Å². The van der Waals surface area contributed by atoms with Gasteiger partial charge in [-0.15, -0.1) is 0 Å². The second-order valence-corrected chi connectivity index (χ2v) is 5.91. The fourth-order valence-electron chi connectivity index (χ4n) is 3.10. The maximum atomic E-state index is 12.2. The number of aromatic amines is 1. The highest BCUT2D eigenvalue weighted by molar-refractivity contribution is 5.82. The number of fused-ring (bicyclic) bond motifs is 1. The first-order valence-electron chi connectivity index (χ1n) is 7.52. The molecule has 1 N–H and O–H groups in total. The van der Waals surface area contributed by atoms with E-state index >= 15 is 0 Å². The van der Waals surface area contributed by atoms with Gasteiger partial charge in [0.1, 0.15) is 0 Å². The largest absolute Gasteiger partial charge is 0.325 e. The Morgan fingerprint density at radius 1 is 1.25 bits per heavy atom. The lowest BCUT2D eigenvalue weighted by atomic mass is 9.92. The fourth-order valence-corrected chi connectivity index (χ4v) is 3.10. The van der Waals surface area contributed by atoms with Gasteiger partial charge in [-0.1, -0.05) is 19.1 Å². The van der Waals surface area contributed by atoms with Gasteiger partial charge >= 0.3 is 0 Å². The second-order valence-electron chi connectivity index (χ2n) is 5.91. The van der Waals surface area contributed by atoms with E-state index in [1.807, 2.05) is 12.1 Å². The van der Waals surface area contributed by atoms with E-state index in [0.717, 1.165) is 48.8 Å². The van der Waals surface area contributed by atoms with Gasteiger partial charge in [0.15, 0.2) is 0 Å². The molecule has 0 unspecified atom stereocenters. The molecule has 20 heavy (non-hydrogen) atoms. The molecule has 1 aromatic carbocycles. The molecule has 1 aromatic heterocycles. The molecular formula is C17H22N2O. The van der Waals surface area contributed by atoms with Crippen molar-refractivity contribution in [3.63, 3.8) is 0 Å². The van der Waals surface area contributed by atoms with Crippen LogP contribution in [0.25, 0.3) is 10.8 Å². The lowest BCUT2D eigenvalue weighted by molar-refractivity contribution is 0.253. The Morgan fingerprint density at radius 3 is 2.70 bits per heavy atom. The van der Waals surface area contributed by atoms with E-state index in [0.29, 0.717) is 5.92 Å². The number of pyridine rings is 1. The number of aromatic nitrogens is 1. The Labute approximate surface area is 119 Å². The van der Waals surface area contributed by atoms with Crippen molar-refractivity contribution in [3.05, 3.63) is 45.9 Å². The lowest BCUT2D eigenvalue weighted by Gasteiger charge is -2.29. The first kappa shape index (κ1) is 13.4. The van der Waals surface area contributed by atoms with Crippen LogP contribution in [0.3, 0.4) is 0 Å². The van der Waals surface area contributed by atoms with Crippen molar-refractivity contribution in [1.82, 2.24) is 9.88 Å². The monoisotopic (exact) mass is 270 g/mol. The molecular weight excluding hydrogens is 248 g/mol. The van der Waals surface area contributed by atoms with Gasteiger partial charge in [-0.25, -0.2) is 0 Å². The number of benzene rings is 1. The zero-order chi connectivity index (χ0) is 14.1. The van der Waals surface area contributed by atoms with Crippen molar-refractivity contribution in [2.75, 3.05) is 20.1 Å². The second kappa shape index (κ2) is 5.41. The number of H-pyrrole nitrogens is 1. The molecule has 2 heterocycles.